The van der Waals surface area contributed by atoms with E-state index in [1.54, 1.807) is 0 Å². The molecule has 0 aromatic heterocycles. The van der Waals surface area contributed by atoms with Gasteiger partial charge >= 0.3 is 5.97 Å². The Bertz CT molecular complexity index is 193. The zero-order valence-corrected chi connectivity index (χ0v) is 8.07. The van der Waals surface area contributed by atoms with Crippen LogP contribution >= 0.6 is 0 Å². The molecule has 0 aromatic rings. The molecule has 3 nitrogen and oxygen atoms in total. The first-order valence-corrected chi connectivity index (χ1v) is 4.81. The van der Waals surface area contributed by atoms with Gasteiger partial charge in [-0.05, 0) is 19.8 Å². The SMILES string of the molecule is CC(CCCC(=O)O)N1CC=CC1. The maximum Gasteiger partial charge on any atom is 0.303 e. The second kappa shape index (κ2) is 5.02. The first-order chi connectivity index (χ1) is 6.20. The standard InChI is InChI=1S/C10H17NO2/c1-9(5-4-6-10(12)13)11-7-2-3-8-11/h2-3,9H,4-8H2,1H3,(H,12,13). The van der Waals surface area contributed by atoms with Gasteiger partial charge in [0.2, 0.25) is 0 Å². The topological polar surface area (TPSA) is 40.5 Å². The number of carboxylic acid groups (broad SMARTS) is 1. The Balaban J connectivity index is 2.10. The van der Waals surface area contributed by atoms with Crippen molar-refractivity contribution in [1.29, 1.82) is 0 Å². The molecule has 1 unspecified atom stereocenters. The van der Waals surface area contributed by atoms with Gasteiger partial charge in [-0.1, -0.05) is 12.2 Å². The predicted molar refractivity (Wildman–Crippen MR) is 51.7 cm³/mol. The number of nitrogens with zero attached hydrogens (tertiary/aromatic N) is 1. The van der Waals surface area contributed by atoms with Crippen LogP contribution in [0.1, 0.15) is 26.2 Å². The zero-order valence-electron chi connectivity index (χ0n) is 8.07. The lowest BCUT2D eigenvalue weighted by Crippen LogP contribution is -2.30. The summed E-state index contributed by atoms with van der Waals surface area (Å²) in [6.45, 7) is 4.21. The van der Waals surface area contributed by atoms with E-state index in [4.69, 9.17) is 5.11 Å². The van der Waals surface area contributed by atoms with Gasteiger partial charge < -0.3 is 5.11 Å². The van der Waals surface area contributed by atoms with E-state index < -0.39 is 5.97 Å². The van der Waals surface area contributed by atoms with Crippen molar-refractivity contribution in [3.05, 3.63) is 12.2 Å². The minimum Gasteiger partial charge on any atom is -0.481 e. The van der Waals surface area contributed by atoms with Crippen LogP contribution in [-0.2, 0) is 4.79 Å². The van der Waals surface area contributed by atoms with Gasteiger partial charge in [0.1, 0.15) is 0 Å². The summed E-state index contributed by atoms with van der Waals surface area (Å²) < 4.78 is 0. The maximum absolute atomic E-state index is 10.3. The minimum absolute atomic E-state index is 0.297. The third-order valence-corrected chi connectivity index (χ3v) is 2.48. The normalized spacial score (nSPS) is 19.2. The lowest BCUT2D eigenvalue weighted by atomic mass is 10.1. The molecule has 1 heterocycles. The Hall–Kier alpha value is -0.830. The van der Waals surface area contributed by atoms with Crippen LogP contribution in [0.2, 0.25) is 0 Å². The van der Waals surface area contributed by atoms with Crippen LogP contribution in [0.3, 0.4) is 0 Å². The molecule has 13 heavy (non-hydrogen) atoms. The van der Waals surface area contributed by atoms with E-state index in [0.29, 0.717) is 12.5 Å². The third kappa shape index (κ3) is 3.59. The zero-order chi connectivity index (χ0) is 9.68. The quantitative estimate of drug-likeness (QED) is 0.657. The molecule has 74 valence electrons. The molecule has 3 heteroatoms. The van der Waals surface area contributed by atoms with Crippen molar-refractivity contribution in [1.82, 2.24) is 4.90 Å². The van der Waals surface area contributed by atoms with Crippen LogP contribution in [0.15, 0.2) is 12.2 Å². The molecular weight excluding hydrogens is 166 g/mol. The Morgan fingerprint density at radius 1 is 1.54 bits per heavy atom. The summed E-state index contributed by atoms with van der Waals surface area (Å²) in [5.74, 6) is -0.688. The molecule has 0 saturated carbocycles. The van der Waals surface area contributed by atoms with Crippen molar-refractivity contribution in [3.63, 3.8) is 0 Å². The number of carboxylic acids is 1. The monoisotopic (exact) mass is 183 g/mol. The fourth-order valence-corrected chi connectivity index (χ4v) is 1.59. The summed E-state index contributed by atoms with van der Waals surface area (Å²) in [5.41, 5.74) is 0. The fraction of sp³-hybridized carbons (Fsp3) is 0.700. The van der Waals surface area contributed by atoms with E-state index in [1.165, 1.54) is 0 Å². The van der Waals surface area contributed by atoms with E-state index >= 15 is 0 Å². The van der Waals surface area contributed by atoms with E-state index in [9.17, 15) is 4.79 Å². The first-order valence-electron chi connectivity index (χ1n) is 4.81. The smallest absolute Gasteiger partial charge is 0.303 e. The maximum atomic E-state index is 10.3. The molecule has 0 radical (unpaired) electrons. The van der Waals surface area contributed by atoms with Crippen LogP contribution in [0.5, 0.6) is 0 Å². The Morgan fingerprint density at radius 2 is 2.15 bits per heavy atom. The van der Waals surface area contributed by atoms with Crippen molar-refractivity contribution >= 4 is 5.97 Å². The average molecular weight is 183 g/mol. The van der Waals surface area contributed by atoms with Gasteiger partial charge in [0.05, 0.1) is 0 Å². The van der Waals surface area contributed by atoms with E-state index in [1.807, 2.05) is 0 Å². The van der Waals surface area contributed by atoms with Gasteiger partial charge in [-0.15, -0.1) is 0 Å². The number of hydrogen-bond acceptors (Lipinski definition) is 2. The van der Waals surface area contributed by atoms with Crippen molar-refractivity contribution in [2.45, 2.75) is 32.2 Å². The van der Waals surface area contributed by atoms with Crippen LogP contribution in [0.4, 0.5) is 0 Å². The Morgan fingerprint density at radius 3 is 2.69 bits per heavy atom. The van der Waals surface area contributed by atoms with Gasteiger partial charge in [0, 0.05) is 25.6 Å². The van der Waals surface area contributed by atoms with E-state index in [2.05, 4.69) is 24.0 Å². The third-order valence-electron chi connectivity index (χ3n) is 2.48. The molecular formula is C10H17NO2. The van der Waals surface area contributed by atoms with Crippen LogP contribution < -0.4 is 0 Å². The van der Waals surface area contributed by atoms with Crippen LogP contribution in [-0.4, -0.2) is 35.1 Å². The second-order valence-electron chi connectivity index (χ2n) is 3.56. The summed E-state index contributed by atoms with van der Waals surface area (Å²) >= 11 is 0. The molecule has 0 aliphatic carbocycles. The molecule has 0 aromatic carbocycles. The fourth-order valence-electron chi connectivity index (χ4n) is 1.59. The lowest BCUT2D eigenvalue weighted by molar-refractivity contribution is -0.137. The largest absolute Gasteiger partial charge is 0.481 e. The highest BCUT2D eigenvalue weighted by atomic mass is 16.4. The molecule has 0 amide bonds. The first kappa shape index (κ1) is 10.3. The molecule has 1 N–H and O–H groups in total. The molecule has 1 rings (SSSR count). The van der Waals surface area contributed by atoms with E-state index in [0.717, 1.165) is 25.9 Å². The number of rotatable bonds is 5. The Kier molecular flexibility index (Phi) is 3.96. The van der Waals surface area contributed by atoms with Crippen LogP contribution in [0.25, 0.3) is 0 Å². The second-order valence-corrected chi connectivity index (χ2v) is 3.56. The minimum atomic E-state index is -0.688. The molecule has 1 atom stereocenters. The summed E-state index contributed by atoms with van der Waals surface area (Å²) in [5, 5.41) is 8.47. The number of carbonyl (C=O) groups is 1. The molecule has 0 saturated heterocycles. The van der Waals surface area contributed by atoms with Gasteiger partial charge in [0.15, 0.2) is 0 Å². The summed E-state index contributed by atoms with van der Waals surface area (Å²) in [7, 11) is 0. The molecule has 1 aliphatic heterocycles. The van der Waals surface area contributed by atoms with Gasteiger partial charge in [-0.25, -0.2) is 0 Å². The van der Waals surface area contributed by atoms with Crippen molar-refractivity contribution in [3.8, 4) is 0 Å². The lowest BCUT2D eigenvalue weighted by Gasteiger charge is -2.23. The van der Waals surface area contributed by atoms with Crippen molar-refractivity contribution in [2.24, 2.45) is 0 Å². The van der Waals surface area contributed by atoms with Gasteiger partial charge in [0.25, 0.3) is 0 Å². The summed E-state index contributed by atoms with van der Waals surface area (Å²) in [6, 6.07) is 0.509. The summed E-state index contributed by atoms with van der Waals surface area (Å²) in [6.07, 6.45) is 6.38. The highest BCUT2D eigenvalue weighted by Gasteiger charge is 2.13. The number of aliphatic carboxylic acids is 1. The Labute approximate surface area is 79.0 Å². The predicted octanol–water partition coefficient (Wildman–Crippen LogP) is 1.50. The average Bonchev–Trinajstić information content (AvgIpc) is 2.55. The molecule has 0 fully saturated rings. The van der Waals surface area contributed by atoms with Crippen LogP contribution in [0, 0.1) is 0 Å². The highest BCUT2D eigenvalue weighted by molar-refractivity contribution is 5.66. The van der Waals surface area contributed by atoms with E-state index in [-0.39, 0.29) is 0 Å². The number of hydrogen-bond donors (Lipinski definition) is 1. The molecule has 1 aliphatic rings. The van der Waals surface area contributed by atoms with Crippen molar-refractivity contribution < 1.29 is 9.90 Å². The van der Waals surface area contributed by atoms with Crippen molar-refractivity contribution in [2.75, 3.05) is 13.1 Å². The summed E-state index contributed by atoms with van der Waals surface area (Å²) in [4.78, 5) is 12.6. The van der Waals surface area contributed by atoms with Gasteiger partial charge in [-0.3, -0.25) is 9.69 Å². The molecule has 0 spiro atoms. The highest BCUT2D eigenvalue weighted by Crippen LogP contribution is 2.11. The van der Waals surface area contributed by atoms with Gasteiger partial charge in [-0.2, -0.15) is 0 Å². The molecule has 0 bridgehead atoms.